The van der Waals surface area contributed by atoms with E-state index in [0.29, 0.717) is 33.3 Å². The maximum absolute atomic E-state index is 6.22. The summed E-state index contributed by atoms with van der Waals surface area (Å²) < 4.78 is 13.0. The van der Waals surface area contributed by atoms with Crippen molar-refractivity contribution < 1.29 is 9.47 Å². The molecule has 9 heteroatoms. The van der Waals surface area contributed by atoms with Crippen LogP contribution in [0.1, 0.15) is 5.56 Å². The number of aromatic nitrogens is 3. The monoisotopic (exact) mass is 454 g/mol. The quantitative estimate of drug-likeness (QED) is 0.439. The Morgan fingerprint density at radius 2 is 1.85 bits per heavy atom. The van der Waals surface area contributed by atoms with E-state index in [1.165, 1.54) is 16.4 Å². The van der Waals surface area contributed by atoms with E-state index in [9.17, 15) is 0 Å². The molecule has 136 valence electrons. The zero-order chi connectivity index (χ0) is 18.7. The first-order chi connectivity index (χ1) is 12.5. The molecule has 0 aliphatic rings. The molecule has 1 aromatic heterocycles. The zero-order valence-corrected chi connectivity index (χ0v) is 17.2. The number of hydrogen-bond donors (Lipinski definition) is 1. The van der Waals surface area contributed by atoms with Crippen LogP contribution in [0.15, 0.2) is 46.0 Å². The second kappa shape index (κ2) is 8.20. The molecule has 2 aromatic carbocycles. The summed E-state index contributed by atoms with van der Waals surface area (Å²) in [6.45, 7) is 0. The summed E-state index contributed by atoms with van der Waals surface area (Å²) in [6.07, 6.45) is 0. The molecule has 0 fully saturated rings. The summed E-state index contributed by atoms with van der Waals surface area (Å²) in [5.41, 5.74) is 1.76. The number of ether oxygens (including phenoxy) is 2. The minimum absolute atomic E-state index is 0.518. The highest BCUT2D eigenvalue weighted by molar-refractivity contribution is 9.10. The van der Waals surface area contributed by atoms with Gasteiger partial charge in [-0.05, 0) is 29.8 Å². The molecule has 0 atom stereocenters. The highest BCUT2D eigenvalue weighted by Crippen LogP contribution is 2.36. The highest BCUT2D eigenvalue weighted by Gasteiger charge is 2.16. The summed E-state index contributed by atoms with van der Waals surface area (Å²) in [4.78, 5) is 0. The van der Waals surface area contributed by atoms with Crippen molar-refractivity contribution in [2.24, 2.45) is 0 Å². The number of halogens is 2. The Morgan fingerprint density at radius 3 is 2.54 bits per heavy atom. The second-order valence-corrected chi connectivity index (χ2v) is 7.45. The molecule has 0 saturated heterocycles. The van der Waals surface area contributed by atoms with Crippen LogP contribution < -0.4 is 15.3 Å². The first kappa shape index (κ1) is 18.9. The SMILES string of the molecule is COc1cc(Br)c(CSc2nnc(-c3ccccc3Cl)n2N)cc1OC. The average Bonchev–Trinajstić information content (AvgIpc) is 3.01. The lowest BCUT2D eigenvalue weighted by Gasteiger charge is -2.11. The van der Waals surface area contributed by atoms with Crippen LogP contribution in [-0.4, -0.2) is 29.1 Å². The lowest BCUT2D eigenvalue weighted by molar-refractivity contribution is 0.354. The summed E-state index contributed by atoms with van der Waals surface area (Å²) in [5.74, 6) is 8.63. The van der Waals surface area contributed by atoms with E-state index < -0.39 is 0 Å². The van der Waals surface area contributed by atoms with Gasteiger partial charge in [0.15, 0.2) is 17.3 Å². The van der Waals surface area contributed by atoms with Gasteiger partial charge in [0.2, 0.25) is 5.16 Å². The van der Waals surface area contributed by atoms with Crippen LogP contribution in [0.3, 0.4) is 0 Å². The minimum Gasteiger partial charge on any atom is -0.493 e. The molecule has 0 amide bonds. The van der Waals surface area contributed by atoms with Gasteiger partial charge in [0.1, 0.15) is 0 Å². The molecule has 0 aliphatic heterocycles. The molecule has 3 rings (SSSR count). The van der Waals surface area contributed by atoms with Crippen LogP contribution in [0.4, 0.5) is 0 Å². The van der Waals surface area contributed by atoms with Crippen molar-refractivity contribution in [3.63, 3.8) is 0 Å². The average molecular weight is 456 g/mol. The Bertz CT molecular complexity index is 935. The predicted molar refractivity (Wildman–Crippen MR) is 107 cm³/mol. The van der Waals surface area contributed by atoms with Crippen LogP contribution in [0.25, 0.3) is 11.4 Å². The van der Waals surface area contributed by atoms with Crippen molar-refractivity contribution in [1.29, 1.82) is 0 Å². The molecular weight excluding hydrogens is 440 g/mol. The van der Waals surface area contributed by atoms with Gasteiger partial charge in [0.25, 0.3) is 0 Å². The molecule has 0 radical (unpaired) electrons. The topological polar surface area (TPSA) is 75.2 Å². The summed E-state index contributed by atoms with van der Waals surface area (Å²) >= 11 is 11.2. The number of nitrogen functional groups attached to an aromatic ring is 1. The lowest BCUT2D eigenvalue weighted by atomic mass is 10.2. The number of benzene rings is 2. The van der Waals surface area contributed by atoms with Gasteiger partial charge in [-0.1, -0.05) is 51.4 Å². The molecule has 0 unspecified atom stereocenters. The maximum atomic E-state index is 6.22. The lowest BCUT2D eigenvalue weighted by Crippen LogP contribution is -2.11. The Kier molecular flexibility index (Phi) is 5.95. The van der Waals surface area contributed by atoms with Crippen LogP contribution in [-0.2, 0) is 5.75 Å². The van der Waals surface area contributed by atoms with Crippen LogP contribution in [0.2, 0.25) is 5.02 Å². The van der Waals surface area contributed by atoms with E-state index in [4.69, 9.17) is 26.9 Å². The number of methoxy groups -OCH3 is 2. The third-order valence-corrected chi connectivity index (χ3v) is 5.75. The number of nitrogens with zero attached hydrogens (tertiary/aromatic N) is 3. The Labute approximate surface area is 168 Å². The Morgan fingerprint density at radius 1 is 1.15 bits per heavy atom. The molecule has 0 aliphatic carbocycles. The largest absolute Gasteiger partial charge is 0.493 e. The number of thioether (sulfide) groups is 1. The first-order valence-corrected chi connectivity index (χ1v) is 9.69. The summed E-state index contributed by atoms with van der Waals surface area (Å²) in [7, 11) is 3.21. The van der Waals surface area contributed by atoms with Crippen molar-refractivity contribution in [3.8, 4) is 22.9 Å². The second-order valence-electron chi connectivity index (χ2n) is 5.24. The van der Waals surface area contributed by atoms with Gasteiger partial charge >= 0.3 is 0 Å². The van der Waals surface area contributed by atoms with Gasteiger partial charge < -0.3 is 15.3 Å². The third kappa shape index (κ3) is 3.77. The smallest absolute Gasteiger partial charge is 0.210 e. The summed E-state index contributed by atoms with van der Waals surface area (Å²) in [5, 5.41) is 9.50. The standard InChI is InChI=1S/C17H16BrClN4O2S/c1-24-14-7-10(12(18)8-15(14)25-2)9-26-17-22-21-16(23(17)20)11-5-3-4-6-13(11)19/h3-8H,9,20H2,1-2H3. The minimum atomic E-state index is 0.518. The molecular formula is C17H16BrClN4O2S. The normalized spacial score (nSPS) is 10.8. The van der Waals surface area contributed by atoms with Gasteiger partial charge in [-0.15, -0.1) is 10.2 Å². The molecule has 26 heavy (non-hydrogen) atoms. The van der Waals surface area contributed by atoms with E-state index >= 15 is 0 Å². The third-order valence-electron chi connectivity index (χ3n) is 3.69. The fraction of sp³-hybridized carbons (Fsp3) is 0.176. The van der Waals surface area contributed by atoms with E-state index in [0.717, 1.165) is 15.6 Å². The zero-order valence-electron chi connectivity index (χ0n) is 14.1. The summed E-state index contributed by atoms with van der Waals surface area (Å²) in [6, 6.07) is 11.2. The van der Waals surface area contributed by atoms with Gasteiger partial charge in [0, 0.05) is 15.8 Å². The molecule has 0 saturated carbocycles. The van der Waals surface area contributed by atoms with Crippen LogP contribution >= 0.6 is 39.3 Å². The molecule has 3 aromatic rings. The van der Waals surface area contributed by atoms with Crippen molar-refractivity contribution >= 4 is 39.3 Å². The number of hydrogen-bond acceptors (Lipinski definition) is 6. The fourth-order valence-corrected chi connectivity index (χ4v) is 4.07. The molecule has 0 bridgehead atoms. The van der Waals surface area contributed by atoms with E-state index in [2.05, 4.69) is 26.1 Å². The van der Waals surface area contributed by atoms with E-state index in [1.807, 2.05) is 30.3 Å². The number of rotatable bonds is 6. The van der Waals surface area contributed by atoms with Gasteiger partial charge in [-0.25, -0.2) is 4.68 Å². The van der Waals surface area contributed by atoms with Crippen molar-refractivity contribution in [3.05, 3.63) is 51.5 Å². The van der Waals surface area contributed by atoms with Crippen molar-refractivity contribution in [2.75, 3.05) is 20.1 Å². The van der Waals surface area contributed by atoms with Crippen molar-refractivity contribution in [2.45, 2.75) is 10.9 Å². The number of nitrogens with two attached hydrogens (primary N) is 1. The Balaban J connectivity index is 1.82. The Hall–Kier alpha value is -1.90. The first-order valence-electron chi connectivity index (χ1n) is 7.53. The molecule has 6 nitrogen and oxygen atoms in total. The van der Waals surface area contributed by atoms with Crippen LogP contribution in [0, 0.1) is 0 Å². The molecule has 1 heterocycles. The van der Waals surface area contributed by atoms with Gasteiger partial charge in [-0.2, -0.15) is 0 Å². The maximum Gasteiger partial charge on any atom is 0.210 e. The highest BCUT2D eigenvalue weighted by atomic mass is 79.9. The fourth-order valence-electron chi connectivity index (χ4n) is 2.35. The molecule has 2 N–H and O–H groups in total. The van der Waals surface area contributed by atoms with Crippen molar-refractivity contribution in [1.82, 2.24) is 14.9 Å². The predicted octanol–water partition coefficient (Wildman–Crippen LogP) is 4.38. The van der Waals surface area contributed by atoms with E-state index in [1.54, 1.807) is 20.3 Å². The van der Waals surface area contributed by atoms with Gasteiger partial charge in [-0.3, -0.25) is 0 Å². The van der Waals surface area contributed by atoms with E-state index in [-0.39, 0.29) is 0 Å². The van der Waals surface area contributed by atoms with Crippen LogP contribution in [0.5, 0.6) is 11.5 Å². The molecule has 0 spiro atoms. The van der Waals surface area contributed by atoms with Gasteiger partial charge in [0.05, 0.1) is 19.2 Å².